The monoisotopic (exact) mass is 261 g/mol. The van der Waals surface area contributed by atoms with Gasteiger partial charge in [-0.1, -0.05) is 6.07 Å². The molecular weight excluding hydrogens is 246 g/mol. The van der Waals surface area contributed by atoms with E-state index in [-0.39, 0.29) is 5.91 Å². The number of rotatable bonds is 4. The molecule has 0 unspecified atom stereocenters. The lowest BCUT2D eigenvalue weighted by Crippen LogP contribution is -2.27. The lowest BCUT2D eigenvalue weighted by Gasteiger charge is -2.15. The summed E-state index contributed by atoms with van der Waals surface area (Å²) in [7, 11) is 1.73. The fourth-order valence-electron chi connectivity index (χ4n) is 1.58. The van der Waals surface area contributed by atoms with Gasteiger partial charge in [0.15, 0.2) is 0 Å². The molecule has 0 bridgehead atoms. The second-order valence-electron chi connectivity index (χ2n) is 3.98. The Morgan fingerprint density at radius 3 is 2.89 bits per heavy atom. The number of amides is 1. The second-order valence-corrected chi connectivity index (χ2v) is 5.01. The van der Waals surface area contributed by atoms with Gasteiger partial charge >= 0.3 is 0 Å². The first-order chi connectivity index (χ1) is 8.66. The average Bonchev–Trinajstić information content (AvgIpc) is 2.89. The summed E-state index contributed by atoms with van der Waals surface area (Å²) in [5, 5.41) is 2.02. The van der Waals surface area contributed by atoms with Crippen LogP contribution in [0.15, 0.2) is 35.8 Å². The van der Waals surface area contributed by atoms with Crippen LogP contribution in [0, 0.1) is 0 Å². The van der Waals surface area contributed by atoms with Crippen LogP contribution in [0.5, 0.6) is 0 Å². The van der Waals surface area contributed by atoms with Gasteiger partial charge in [-0.2, -0.15) is 0 Å². The molecule has 2 aromatic rings. The summed E-state index contributed by atoms with van der Waals surface area (Å²) in [5.74, 6) is 0.682. The molecule has 0 aliphatic heterocycles. The average molecular weight is 261 g/mol. The third-order valence-corrected chi connectivity index (χ3v) is 3.59. The molecule has 0 saturated heterocycles. The number of thiophene rings is 1. The van der Waals surface area contributed by atoms with Gasteiger partial charge in [-0.05, 0) is 30.0 Å². The van der Waals surface area contributed by atoms with Crippen molar-refractivity contribution in [3.63, 3.8) is 0 Å². The highest BCUT2D eigenvalue weighted by Crippen LogP contribution is 2.14. The number of aryl methyl sites for hydroxylation is 1. The molecule has 2 N–H and O–H groups in total. The van der Waals surface area contributed by atoms with Crippen molar-refractivity contribution in [2.45, 2.75) is 12.8 Å². The molecule has 18 heavy (non-hydrogen) atoms. The third kappa shape index (κ3) is 3.07. The van der Waals surface area contributed by atoms with E-state index in [9.17, 15) is 4.79 Å². The minimum atomic E-state index is 0.0562. The standard InChI is InChI=1S/C13H15N3OS/c1-16(12-6-4-10(14)9-15-12)13(17)7-5-11-3-2-8-18-11/h2-4,6,8-9H,5,7,14H2,1H3. The van der Waals surface area contributed by atoms with Gasteiger partial charge in [-0.3, -0.25) is 9.69 Å². The number of aromatic nitrogens is 1. The highest BCUT2D eigenvalue weighted by atomic mass is 32.1. The first-order valence-electron chi connectivity index (χ1n) is 5.67. The second kappa shape index (κ2) is 5.64. The molecule has 5 heteroatoms. The van der Waals surface area contributed by atoms with Gasteiger partial charge in [0.25, 0.3) is 0 Å². The molecule has 0 aromatic carbocycles. The summed E-state index contributed by atoms with van der Waals surface area (Å²) in [6.45, 7) is 0. The van der Waals surface area contributed by atoms with E-state index in [1.54, 1.807) is 41.6 Å². The van der Waals surface area contributed by atoms with E-state index in [4.69, 9.17) is 5.73 Å². The Morgan fingerprint density at radius 1 is 1.44 bits per heavy atom. The maximum Gasteiger partial charge on any atom is 0.228 e. The lowest BCUT2D eigenvalue weighted by atomic mass is 10.2. The number of hydrogen-bond acceptors (Lipinski definition) is 4. The van der Waals surface area contributed by atoms with Crippen LogP contribution in [-0.2, 0) is 11.2 Å². The van der Waals surface area contributed by atoms with Crippen LogP contribution >= 0.6 is 11.3 Å². The Labute approximate surface area is 110 Å². The van der Waals surface area contributed by atoms with E-state index in [0.29, 0.717) is 17.9 Å². The largest absolute Gasteiger partial charge is 0.397 e. The number of hydrogen-bond donors (Lipinski definition) is 1. The van der Waals surface area contributed by atoms with Crippen molar-refractivity contribution in [3.8, 4) is 0 Å². The maximum absolute atomic E-state index is 12.0. The van der Waals surface area contributed by atoms with Gasteiger partial charge in [-0.15, -0.1) is 11.3 Å². The Bertz CT molecular complexity index is 508. The Balaban J connectivity index is 1.94. The van der Waals surface area contributed by atoms with Crippen molar-refractivity contribution < 1.29 is 4.79 Å². The number of pyridine rings is 1. The van der Waals surface area contributed by atoms with E-state index >= 15 is 0 Å². The Kier molecular flexibility index (Phi) is 3.94. The summed E-state index contributed by atoms with van der Waals surface area (Å²) in [6, 6.07) is 7.53. The number of nitrogens with two attached hydrogens (primary N) is 1. The van der Waals surface area contributed by atoms with Crippen LogP contribution in [0.3, 0.4) is 0 Å². The number of nitrogens with zero attached hydrogens (tertiary/aromatic N) is 2. The van der Waals surface area contributed by atoms with Crippen molar-refractivity contribution in [1.29, 1.82) is 0 Å². The zero-order valence-electron chi connectivity index (χ0n) is 10.2. The quantitative estimate of drug-likeness (QED) is 0.918. The van der Waals surface area contributed by atoms with Crippen LogP contribution in [0.4, 0.5) is 11.5 Å². The number of carbonyl (C=O) groups excluding carboxylic acids is 1. The summed E-state index contributed by atoms with van der Waals surface area (Å²) < 4.78 is 0. The van der Waals surface area contributed by atoms with Gasteiger partial charge in [0, 0.05) is 18.3 Å². The number of carbonyl (C=O) groups is 1. The van der Waals surface area contributed by atoms with Crippen molar-refractivity contribution in [2.75, 3.05) is 17.7 Å². The minimum absolute atomic E-state index is 0.0562. The normalized spacial score (nSPS) is 10.3. The molecule has 0 fully saturated rings. The molecule has 2 aromatic heterocycles. The summed E-state index contributed by atoms with van der Waals surface area (Å²) in [5.41, 5.74) is 6.16. The molecule has 0 aliphatic carbocycles. The molecule has 0 radical (unpaired) electrons. The molecule has 2 rings (SSSR count). The summed E-state index contributed by atoms with van der Waals surface area (Å²) >= 11 is 1.67. The Morgan fingerprint density at radius 2 is 2.28 bits per heavy atom. The minimum Gasteiger partial charge on any atom is -0.397 e. The van der Waals surface area contributed by atoms with Gasteiger partial charge < -0.3 is 5.73 Å². The van der Waals surface area contributed by atoms with Crippen LogP contribution in [0.25, 0.3) is 0 Å². The molecule has 0 aliphatic rings. The maximum atomic E-state index is 12.0. The van der Waals surface area contributed by atoms with E-state index < -0.39 is 0 Å². The zero-order chi connectivity index (χ0) is 13.0. The first kappa shape index (κ1) is 12.6. The highest BCUT2D eigenvalue weighted by molar-refractivity contribution is 7.09. The smallest absolute Gasteiger partial charge is 0.228 e. The van der Waals surface area contributed by atoms with Crippen LogP contribution < -0.4 is 10.6 Å². The molecule has 0 saturated carbocycles. The van der Waals surface area contributed by atoms with Crippen molar-refractivity contribution >= 4 is 28.7 Å². The van der Waals surface area contributed by atoms with E-state index in [1.807, 2.05) is 17.5 Å². The predicted octanol–water partition coefficient (Wildman–Crippen LogP) is 2.32. The highest BCUT2D eigenvalue weighted by Gasteiger charge is 2.11. The molecular formula is C13H15N3OS. The van der Waals surface area contributed by atoms with Crippen LogP contribution in [-0.4, -0.2) is 17.9 Å². The lowest BCUT2D eigenvalue weighted by molar-refractivity contribution is -0.118. The predicted molar refractivity (Wildman–Crippen MR) is 74.7 cm³/mol. The van der Waals surface area contributed by atoms with E-state index in [2.05, 4.69) is 4.98 Å². The van der Waals surface area contributed by atoms with E-state index in [1.165, 1.54) is 4.88 Å². The fourth-order valence-corrected chi connectivity index (χ4v) is 2.29. The first-order valence-corrected chi connectivity index (χ1v) is 6.55. The SMILES string of the molecule is CN(C(=O)CCc1cccs1)c1ccc(N)cn1. The van der Waals surface area contributed by atoms with Crippen molar-refractivity contribution in [3.05, 3.63) is 40.7 Å². The van der Waals surface area contributed by atoms with Gasteiger partial charge in [0.05, 0.1) is 11.9 Å². The van der Waals surface area contributed by atoms with Crippen LogP contribution in [0.1, 0.15) is 11.3 Å². The number of anilines is 2. The third-order valence-electron chi connectivity index (χ3n) is 2.65. The van der Waals surface area contributed by atoms with Gasteiger partial charge in [0.2, 0.25) is 5.91 Å². The fraction of sp³-hybridized carbons (Fsp3) is 0.231. The number of nitrogen functional groups attached to an aromatic ring is 1. The molecule has 0 atom stereocenters. The van der Waals surface area contributed by atoms with Gasteiger partial charge in [0.1, 0.15) is 5.82 Å². The topological polar surface area (TPSA) is 59.2 Å². The summed E-state index contributed by atoms with van der Waals surface area (Å²) in [4.78, 5) is 18.9. The molecule has 4 nitrogen and oxygen atoms in total. The molecule has 94 valence electrons. The van der Waals surface area contributed by atoms with Crippen LogP contribution in [0.2, 0.25) is 0 Å². The van der Waals surface area contributed by atoms with Crippen molar-refractivity contribution in [2.24, 2.45) is 0 Å². The molecule has 1 amide bonds. The van der Waals surface area contributed by atoms with E-state index in [0.717, 1.165) is 6.42 Å². The Hall–Kier alpha value is -1.88. The van der Waals surface area contributed by atoms with Crippen molar-refractivity contribution in [1.82, 2.24) is 4.98 Å². The van der Waals surface area contributed by atoms with Gasteiger partial charge in [-0.25, -0.2) is 4.98 Å². The molecule has 0 spiro atoms. The summed E-state index contributed by atoms with van der Waals surface area (Å²) in [6.07, 6.45) is 2.82. The molecule has 2 heterocycles. The zero-order valence-corrected chi connectivity index (χ0v) is 11.0.